The van der Waals surface area contributed by atoms with Crippen LogP contribution in [0, 0.1) is 0 Å². The predicted octanol–water partition coefficient (Wildman–Crippen LogP) is 1.44. The van der Waals surface area contributed by atoms with E-state index < -0.39 is 9.84 Å². The number of aromatic nitrogens is 1. The molecule has 0 bridgehead atoms. The number of hydrogen-bond donors (Lipinski definition) is 3. The minimum absolute atomic E-state index is 0.0789. The van der Waals surface area contributed by atoms with Crippen molar-refractivity contribution >= 4 is 44.0 Å². The average Bonchev–Trinajstić information content (AvgIpc) is 2.75. The lowest BCUT2D eigenvalue weighted by atomic mass is 10.5. The van der Waals surface area contributed by atoms with Gasteiger partial charge in [-0.3, -0.25) is 0 Å². The van der Waals surface area contributed by atoms with Gasteiger partial charge in [0.1, 0.15) is 9.90 Å². The van der Waals surface area contributed by atoms with E-state index >= 15 is 0 Å². The number of nitrogen functional groups attached to an aromatic ring is 1. The lowest BCUT2D eigenvalue weighted by Crippen LogP contribution is -2.12. The second-order valence-corrected chi connectivity index (χ2v) is 8.21. The van der Waals surface area contributed by atoms with Gasteiger partial charge in [0, 0.05) is 18.9 Å². The fourth-order valence-corrected chi connectivity index (χ4v) is 5.01. The Hall–Kier alpha value is -0.510. The van der Waals surface area contributed by atoms with Crippen molar-refractivity contribution in [3.05, 3.63) is 0 Å². The molecule has 0 spiro atoms. The summed E-state index contributed by atoms with van der Waals surface area (Å²) in [7, 11) is -3.36. The van der Waals surface area contributed by atoms with Crippen LogP contribution in [0.25, 0.3) is 0 Å². The van der Waals surface area contributed by atoms with Crippen LogP contribution in [0.1, 0.15) is 19.8 Å². The number of hydrogen-bond acceptors (Lipinski definition) is 8. The quantitative estimate of drug-likeness (QED) is 0.554. The summed E-state index contributed by atoms with van der Waals surface area (Å²) in [4.78, 5) is 0.143. The summed E-state index contributed by atoms with van der Waals surface area (Å²) in [6.45, 7) is 2.66. The highest BCUT2D eigenvalue weighted by Gasteiger charge is 2.24. The molecular weight excluding hydrogens is 318 g/mol. The molecular formula is C11H21N3O3S3. The van der Waals surface area contributed by atoms with Gasteiger partial charge in [0.2, 0.25) is 0 Å². The third kappa shape index (κ3) is 5.12. The maximum Gasteiger partial charge on any atom is 0.185 e. The van der Waals surface area contributed by atoms with E-state index in [1.165, 1.54) is 0 Å². The first-order chi connectivity index (χ1) is 9.53. The van der Waals surface area contributed by atoms with Crippen molar-refractivity contribution in [1.29, 1.82) is 0 Å². The van der Waals surface area contributed by atoms with Crippen LogP contribution in [0.3, 0.4) is 0 Å². The summed E-state index contributed by atoms with van der Waals surface area (Å²) >= 11 is 2.79. The number of aliphatic hydroxyl groups excluding tert-OH is 1. The van der Waals surface area contributed by atoms with Gasteiger partial charge in [-0.05, 0) is 30.1 Å². The molecule has 0 radical (unpaired) electrons. The van der Waals surface area contributed by atoms with Crippen LogP contribution in [-0.2, 0) is 9.84 Å². The van der Waals surface area contributed by atoms with Crippen LogP contribution in [0.4, 0.5) is 10.8 Å². The Morgan fingerprint density at radius 1 is 1.45 bits per heavy atom. The molecule has 20 heavy (non-hydrogen) atoms. The monoisotopic (exact) mass is 339 g/mol. The first kappa shape index (κ1) is 17.5. The van der Waals surface area contributed by atoms with Crippen LogP contribution in [0.5, 0.6) is 0 Å². The number of aliphatic hydroxyl groups is 1. The fourth-order valence-electron chi connectivity index (χ4n) is 1.58. The molecule has 4 N–H and O–H groups in total. The summed E-state index contributed by atoms with van der Waals surface area (Å²) in [5.41, 5.74) is 5.67. The van der Waals surface area contributed by atoms with E-state index in [9.17, 15) is 8.42 Å². The van der Waals surface area contributed by atoms with Crippen molar-refractivity contribution in [3.8, 4) is 0 Å². The third-order valence-electron chi connectivity index (χ3n) is 2.44. The van der Waals surface area contributed by atoms with E-state index in [-0.39, 0.29) is 23.1 Å². The molecule has 0 unspecified atom stereocenters. The number of thioether (sulfide) groups is 1. The summed E-state index contributed by atoms with van der Waals surface area (Å²) in [6, 6.07) is 0. The third-order valence-corrected chi connectivity index (χ3v) is 6.44. The maximum absolute atomic E-state index is 12.1. The molecule has 6 nitrogen and oxygen atoms in total. The van der Waals surface area contributed by atoms with E-state index in [1.54, 1.807) is 11.8 Å². The molecule has 0 aliphatic heterocycles. The number of nitrogens with one attached hydrogen (secondary N) is 1. The van der Waals surface area contributed by atoms with Crippen molar-refractivity contribution in [3.63, 3.8) is 0 Å². The van der Waals surface area contributed by atoms with Crippen LogP contribution >= 0.6 is 23.3 Å². The van der Waals surface area contributed by atoms with Gasteiger partial charge in [0.05, 0.1) is 5.75 Å². The number of anilines is 2. The van der Waals surface area contributed by atoms with Gasteiger partial charge >= 0.3 is 0 Å². The first-order valence-electron chi connectivity index (χ1n) is 6.43. The molecule has 0 saturated heterocycles. The topological polar surface area (TPSA) is 105 Å². The molecule has 0 aliphatic carbocycles. The second-order valence-electron chi connectivity index (χ2n) is 4.16. The van der Waals surface area contributed by atoms with Crippen molar-refractivity contribution in [2.75, 3.05) is 41.5 Å². The van der Waals surface area contributed by atoms with Crippen molar-refractivity contribution in [1.82, 2.24) is 4.37 Å². The smallest absolute Gasteiger partial charge is 0.185 e. The zero-order valence-electron chi connectivity index (χ0n) is 11.5. The minimum atomic E-state index is -3.36. The predicted molar refractivity (Wildman–Crippen MR) is 86.4 cm³/mol. The lowest BCUT2D eigenvalue weighted by Gasteiger charge is -2.07. The molecule has 1 heterocycles. The summed E-state index contributed by atoms with van der Waals surface area (Å²) in [6.07, 6.45) is 1.32. The number of rotatable bonds is 10. The molecule has 0 saturated carbocycles. The Morgan fingerprint density at radius 2 is 2.20 bits per heavy atom. The van der Waals surface area contributed by atoms with Crippen LogP contribution in [0.15, 0.2) is 4.90 Å². The van der Waals surface area contributed by atoms with Gasteiger partial charge in [-0.25, -0.2) is 8.42 Å². The molecule has 1 aromatic heterocycles. The average molecular weight is 340 g/mol. The van der Waals surface area contributed by atoms with Crippen LogP contribution in [-0.4, -0.2) is 48.3 Å². The van der Waals surface area contributed by atoms with E-state index in [0.717, 1.165) is 29.5 Å². The molecule has 0 aliphatic rings. The van der Waals surface area contributed by atoms with Gasteiger partial charge in [-0.1, -0.05) is 6.92 Å². The molecule has 116 valence electrons. The van der Waals surface area contributed by atoms with Gasteiger partial charge in [0.15, 0.2) is 15.7 Å². The normalized spacial score (nSPS) is 11.7. The molecule has 0 aromatic carbocycles. The van der Waals surface area contributed by atoms with Crippen molar-refractivity contribution < 1.29 is 13.5 Å². The maximum atomic E-state index is 12.1. The number of nitrogens with zero attached hydrogens (tertiary/aromatic N) is 1. The Kier molecular flexibility index (Phi) is 7.63. The highest BCUT2D eigenvalue weighted by molar-refractivity contribution is 7.99. The van der Waals surface area contributed by atoms with Crippen LogP contribution < -0.4 is 11.1 Å². The SMILES string of the molecule is CCCS(=O)(=O)c1c(N)nsc1NCCSCCCO. The van der Waals surface area contributed by atoms with Gasteiger partial charge in [-0.2, -0.15) is 16.1 Å². The first-order valence-corrected chi connectivity index (χ1v) is 10.0. The molecule has 1 rings (SSSR count). The van der Waals surface area contributed by atoms with Gasteiger partial charge < -0.3 is 16.2 Å². The molecule has 0 fully saturated rings. The lowest BCUT2D eigenvalue weighted by molar-refractivity contribution is 0.296. The largest absolute Gasteiger partial charge is 0.396 e. The standard InChI is InChI=1S/C11H21N3O3S3/c1-2-8-20(16,17)9-10(12)14-19-11(9)13-4-7-18-6-3-5-15/h13,15H,2-8H2,1H3,(H2,12,14). The Morgan fingerprint density at radius 3 is 2.85 bits per heavy atom. The summed E-state index contributed by atoms with van der Waals surface area (Å²) in [5, 5.41) is 12.3. The van der Waals surface area contributed by atoms with E-state index in [2.05, 4.69) is 9.69 Å². The molecule has 0 amide bonds. The summed E-state index contributed by atoms with van der Waals surface area (Å²) in [5.74, 6) is 1.89. The number of sulfone groups is 1. The van der Waals surface area contributed by atoms with Gasteiger partial charge in [-0.15, -0.1) is 0 Å². The Balaban J connectivity index is 2.59. The van der Waals surface area contributed by atoms with Crippen molar-refractivity contribution in [2.45, 2.75) is 24.7 Å². The van der Waals surface area contributed by atoms with Crippen molar-refractivity contribution in [2.24, 2.45) is 0 Å². The zero-order valence-corrected chi connectivity index (χ0v) is 13.9. The molecule has 9 heteroatoms. The van der Waals surface area contributed by atoms with E-state index in [1.807, 2.05) is 6.92 Å². The summed E-state index contributed by atoms with van der Waals surface area (Å²) < 4.78 is 28.2. The van der Waals surface area contributed by atoms with E-state index in [4.69, 9.17) is 10.8 Å². The minimum Gasteiger partial charge on any atom is -0.396 e. The Bertz CT molecular complexity index is 502. The highest BCUT2D eigenvalue weighted by atomic mass is 32.2. The molecule has 0 atom stereocenters. The van der Waals surface area contributed by atoms with Gasteiger partial charge in [0.25, 0.3) is 0 Å². The number of nitrogens with two attached hydrogens (primary N) is 1. The highest BCUT2D eigenvalue weighted by Crippen LogP contribution is 2.32. The fraction of sp³-hybridized carbons (Fsp3) is 0.727. The van der Waals surface area contributed by atoms with Crippen LogP contribution in [0.2, 0.25) is 0 Å². The zero-order chi connectivity index (χ0) is 15.0. The Labute approximate surface area is 128 Å². The van der Waals surface area contributed by atoms with E-state index in [0.29, 0.717) is 18.0 Å². The molecule has 1 aromatic rings. The second kappa shape index (κ2) is 8.71.